The summed E-state index contributed by atoms with van der Waals surface area (Å²) in [6.07, 6.45) is 6.34. The maximum Gasteiger partial charge on any atom is 0.239 e. The van der Waals surface area contributed by atoms with Crippen LogP contribution in [-0.2, 0) is 22.6 Å². The number of pyridine rings is 1. The molecule has 0 spiro atoms. The van der Waals surface area contributed by atoms with Crippen molar-refractivity contribution in [2.24, 2.45) is 0 Å². The van der Waals surface area contributed by atoms with Gasteiger partial charge in [0.25, 0.3) is 0 Å². The van der Waals surface area contributed by atoms with E-state index in [1.807, 2.05) is 18.3 Å². The number of aryl methyl sites for hydroxylation is 1. The number of nitrogens with zero attached hydrogens (tertiary/aromatic N) is 2. The van der Waals surface area contributed by atoms with Gasteiger partial charge in [0.15, 0.2) is 0 Å². The Morgan fingerprint density at radius 2 is 2.19 bits per heavy atom. The fourth-order valence-corrected chi connectivity index (χ4v) is 2.39. The summed E-state index contributed by atoms with van der Waals surface area (Å²) in [7, 11) is 0. The van der Waals surface area contributed by atoms with E-state index in [2.05, 4.69) is 17.2 Å². The molecule has 1 aliphatic rings. The lowest BCUT2D eigenvalue weighted by atomic mass is 10.2. The zero-order chi connectivity index (χ0) is 15.1. The van der Waals surface area contributed by atoms with Crippen LogP contribution in [0.3, 0.4) is 0 Å². The zero-order valence-corrected chi connectivity index (χ0v) is 12.6. The zero-order valence-electron chi connectivity index (χ0n) is 12.6. The molecule has 0 bridgehead atoms. The minimum Gasteiger partial charge on any atom is -0.349 e. The number of carbonyl (C=O) groups excluding carboxylic acids is 2. The van der Waals surface area contributed by atoms with Crippen molar-refractivity contribution in [3.63, 3.8) is 0 Å². The Labute approximate surface area is 125 Å². The molecule has 1 aromatic rings. The fraction of sp³-hybridized carbons (Fsp3) is 0.562. The van der Waals surface area contributed by atoms with Crippen LogP contribution in [0.2, 0.25) is 0 Å². The number of aromatic nitrogens is 1. The molecular formula is C16H23N3O2. The third-order valence-corrected chi connectivity index (χ3v) is 3.77. The Balaban J connectivity index is 1.79. The van der Waals surface area contributed by atoms with Crippen molar-refractivity contribution in [3.8, 4) is 0 Å². The minimum absolute atomic E-state index is 0.0908. The molecule has 21 heavy (non-hydrogen) atoms. The highest BCUT2D eigenvalue weighted by Crippen LogP contribution is 2.10. The normalized spacial score (nSPS) is 15.7. The molecule has 1 aromatic heterocycles. The average molecular weight is 289 g/mol. The molecule has 1 fully saturated rings. The monoisotopic (exact) mass is 289 g/mol. The molecule has 0 aromatic carbocycles. The molecule has 2 rings (SSSR count). The van der Waals surface area contributed by atoms with E-state index in [1.165, 1.54) is 5.56 Å². The highest BCUT2D eigenvalue weighted by molar-refractivity contribution is 5.84. The van der Waals surface area contributed by atoms with Crippen molar-refractivity contribution >= 4 is 11.8 Å². The number of likely N-dealkylation sites (tertiary alicyclic amines) is 1. The van der Waals surface area contributed by atoms with Gasteiger partial charge < -0.3 is 10.2 Å². The second-order valence-electron chi connectivity index (χ2n) is 5.41. The van der Waals surface area contributed by atoms with E-state index in [9.17, 15) is 9.59 Å². The third kappa shape index (κ3) is 4.85. The lowest BCUT2D eigenvalue weighted by Gasteiger charge is -2.19. The summed E-state index contributed by atoms with van der Waals surface area (Å²) in [5, 5.41) is 2.83. The molecule has 2 amide bonds. The SMILES string of the molecule is CCc1ccc(CNC(=O)CN2CCCCCC2=O)nc1. The molecule has 5 heteroatoms. The molecule has 1 aliphatic heterocycles. The quantitative estimate of drug-likeness (QED) is 0.896. The van der Waals surface area contributed by atoms with Crippen LogP contribution in [0.5, 0.6) is 0 Å². The molecular weight excluding hydrogens is 266 g/mol. The van der Waals surface area contributed by atoms with Crippen LogP contribution in [0.4, 0.5) is 0 Å². The van der Waals surface area contributed by atoms with Gasteiger partial charge in [-0.2, -0.15) is 0 Å². The van der Waals surface area contributed by atoms with Gasteiger partial charge in [0, 0.05) is 19.2 Å². The third-order valence-electron chi connectivity index (χ3n) is 3.77. The molecule has 1 saturated heterocycles. The van der Waals surface area contributed by atoms with Crippen LogP contribution in [0.1, 0.15) is 43.9 Å². The summed E-state index contributed by atoms with van der Waals surface area (Å²) >= 11 is 0. The molecule has 114 valence electrons. The molecule has 0 radical (unpaired) electrons. The van der Waals surface area contributed by atoms with Crippen molar-refractivity contribution < 1.29 is 9.59 Å². The van der Waals surface area contributed by atoms with E-state index in [4.69, 9.17) is 0 Å². The maximum atomic E-state index is 11.9. The second-order valence-corrected chi connectivity index (χ2v) is 5.41. The molecule has 0 atom stereocenters. The van der Waals surface area contributed by atoms with Gasteiger partial charge in [-0.25, -0.2) is 0 Å². The highest BCUT2D eigenvalue weighted by Gasteiger charge is 2.18. The number of nitrogens with one attached hydrogen (secondary N) is 1. The van der Waals surface area contributed by atoms with Crippen LogP contribution < -0.4 is 5.32 Å². The summed E-state index contributed by atoms with van der Waals surface area (Å²) in [5.41, 5.74) is 2.02. The van der Waals surface area contributed by atoms with Crippen LogP contribution >= 0.6 is 0 Å². The fourth-order valence-electron chi connectivity index (χ4n) is 2.39. The number of rotatable bonds is 5. The maximum absolute atomic E-state index is 11.9. The molecule has 2 heterocycles. The summed E-state index contributed by atoms with van der Waals surface area (Å²) in [4.78, 5) is 29.7. The smallest absolute Gasteiger partial charge is 0.239 e. The van der Waals surface area contributed by atoms with E-state index >= 15 is 0 Å². The first-order valence-corrected chi connectivity index (χ1v) is 7.67. The van der Waals surface area contributed by atoms with Crippen molar-refractivity contribution in [1.29, 1.82) is 0 Å². The second kappa shape index (κ2) is 7.76. The van der Waals surface area contributed by atoms with Gasteiger partial charge in [0.1, 0.15) is 0 Å². The average Bonchev–Trinajstić information content (AvgIpc) is 2.71. The van der Waals surface area contributed by atoms with Gasteiger partial charge in [-0.1, -0.05) is 19.4 Å². The Kier molecular flexibility index (Phi) is 5.72. The number of hydrogen-bond donors (Lipinski definition) is 1. The Morgan fingerprint density at radius 1 is 1.33 bits per heavy atom. The summed E-state index contributed by atoms with van der Waals surface area (Å²) in [6.45, 7) is 3.34. The molecule has 5 nitrogen and oxygen atoms in total. The van der Waals surface area contributed by atoms with Gasteiger partial charge in [0.2, 0.25) is 11.8 Å². The van der Waals surface area contributed by atoms with Crippen LogP contribution in [0.15, 0.2) is 18.3 Å². The van der Waals surface area contributed by atoms with E-state index in [1.54, 1.807) is 4.90 Å². The predicted octanol–water partition coefficient (Wildman–Crippen LogP) is 1.66. The predicted molar refractivity (Wildman–Crippen MR) is 80.5 cm³/mol. The number of amides is 2. The van der Waals surface area contributed by atoms with Crippen molar-refractivity contribution in [2.75, 3.05) is 13.1 Å². The first-order chi connectivity index (χ1) is 10.2. The molecule has 0 aliphatic carbocycles. The summed E-state index contributed by atoms with van der Waals surface area (Å²) in [5.74, 6) is -0.0281. The molecule has 0 saturated carbocycles. The van der Waals surface area contributed by atoms with E-state index < -0.39 is 0 Å². The molecule has 0 unspecified atom stereocenters. The summed E-state index contributed by atoms with van der Waals surface area (Å²) < 4.78 is 0. The van der Waals surface area contributed by atoms with Crippen molar-refractivity contribution in [1.82, 2.24) is 15.2 Å². The van der Waals surface area contributed by atoms with Gasteiger partial charge in [-0.05, 0) is 30.9 Å². The summed E-state index contributed by atoms with van der Waals surface area (Å²) in [6, 6.07) is 3.95. The van der Waals surface area contributed by atoms with Crippen LogP contribution in [0, 0.1) is 0 Å². The minimum atomic E-state index is -0.119. The van der Waals surface area contributed by atoms with Gasteiger partial charge >= 0.3 is 0 Å². The largest absolute Gasteiger partial charge is 0.349 e. The highest BCUT2D eigenvalue weighted by atomic mass is 16.2. The Hall–Kier alpha value is -1.91. The molecule has 1 N–H and O–H groups in total. The first-order valence-electron chi connectivity index (χ1n) is 7.67. The lowest BCUT2D eigenvalue weighted by Crippen LogP contribution is -2.40. The van der Waals surface area contributed by atoms with Crippen LogP contribution in [0.25, 0.3) is 0 Å². The first kappa shape index (κ1) is 15.5. The lowest BCUT2D eigenvalue weighted by molar-refractivity contribution is -0.135. The van der Waals surface area contributed by atoms with E-state index in [0.29, 0.717) is 19.5 Å². The number of carbonyl (C=O) groups is 2. The topological polar surface area (TPSA) is 62.3 Å². The Bertz CT molecular complexity index is 485. The van der Waals surface area contributed by atoms with E-state index in [-0.39, 0.29) is 18.4 Å². The van der Waals surface area contributed by atoms with Gasteiger partial charge in [0.05, 0.1) is 18.8 Å². The van der Waals surface area contributed by atoms with Crippen molar-refractivity contribution in [3.05, 3.63) is 29.6 Å². The Morgan fingerprint density at radius 3 is 2.90 bits per heavy atom. The van der Waals surface area contributed by atoms with Crippen LogP contribution in [-0.4, -0.2) is 34.8 Å². The van der Waals surface area contributed by atoms with Crippen molar-refractivity contribution in [2.45, 2.75) is 45.6 Å². The van der Waals surface area contributed by atoms with E-state index in [0.717, 1.165) is 31.4 Å². The van der Waals surface area contributed by atoms with Gasteiger partial charge in [-0.15, -0.1) is 0 Å². The number of hydrogen-bond acceptors (Lipinski definition) is 3. The van der Waals surface area contributed by atoms with Gasteiger partial charge in [-0.3, -0.25) is 14.6 Å². The standard InChI is InChI=1S/C16H23N3O2/c1-2-13-7-8-14(17-10-13)11-18-15(20)12-19-9-5-3-4-6-16(19)21/h7-8,10H,2-6,9,11-12H2,1H3,(H,18,20).